The van der Waals surface area contributed by atoms with Crippen LogP contribution in [0.15, 0.2) is 35.9 Å². The Kier molecular flexibility index (Phi) is 6.27. The van der Waals surface area contributed by atoms with E-state index in [9.17, 15) is 18.0 Å². The number of ether oxygens (including phenoxy) is 2. The minimum Gasteiger partial charge on any atom is -0.497 e. The van der Waals surface area contributed by atoms with Gasteiger partial charge in [-0.15, -0.1) is 0 Å². The van der Waals surface area contributed by atoms with Crippen molar-refractivity contribution in [1.29, 1.82) is 0 Å². The number of methoxy groups -OCH3 is 1. The van der Waals surface area contributed by atoms with Crippen LogP contribution in [0.2, 0.25) is 0 Å². The number of carbonyl (C=O) groups is 1. The third-order valence-corrected chi connectivity index (χ3v) is 2.65. The lowest BCUT2D eigenvalue weighted by atomic mass is 10.1. The predicted molar refractivity (Wildman–Crippen MR) is 72.1 cm³/mol. The highest BCUT2D eigenvalue weighted by Gasteiger charge is 2.31. The summed E-state index contributed by atoms with van der Waals surface area (Å²) in [6.45, 7) is 1.58. The number of halogens is 3. The zero-order chi connectivity index (χ0) is 15.9. The van der Waals surface area contributed by atoms with Gasteiger partial charge in [0.1, 0.15) is 5.75 Å². The summed E-state index contributed by atoms with van der Waals surface area (Å²) in [5.74, 6) is -0.327. The molecular formula is C15H17F3O3. The maximum absolute atomic E-state index is 12.5. The summed E-state index contributed by atoms with van der Waals surface area (Å²) in [7, 11) is 1.50. The molecule has 0 radical (unpaired) electrons. The molecule has 0 N–H and O–H groups in total. The second kappa shape index (κ2) is 7.71. The monoisotopic (exact) mass is 302 g/mol. The lowest BCUT2D eigenvalue weighted by molar-refractivity contribution is -0.147. The van der Waals surface area contributed by atoms with Gasteiger partial charge in [-0.25, -0.2) is 4.79 Å². The first kappa shape index (κ1) is 17.1. The van der Waals surface area contributed by atoms with Gasteiger partial charge in [-0.2, -0.15) is 13.2 Å². The van der Waals surface area contributed by atoms with Gasteiger partial charge in [0.2, 0.25) is 0 Å². The number of carbonyl (C=O) groups excluding carboxylic acids is 1. The average molecular weight is 302 g/mol. The summed E-state index contributed by atoms with van der Waals surface area (Å²) in [6, 6.07) is 6.91. The Morgan fingerprint density at radius 3 is 2.62 bits per heavy atom. The van der Waals surface area contributed by atoms with Crippen LogP contribution in [-0.2, 0) is 16.0 Å². The van der Waals surface area contributed by atoms with Gasteiger partial charge >= 0.3 is 12.1 Å². The van der Waals surface area contributed by atoms with Crippen molar-refractivity contribution in [3.8, 4) is 5.75 Å². The van der Waals surface area contributed by atoms with Gasteiger partial charge in [0, 0.05) is 5.57 Å². The van der Waals surface area contributed by atoms with Crippen LogP contribution in [0.3, 0.4) is 0 Å². The molecule has 0 unspecified atom stereocenters. The Morgan fingerprint density at radius 2 is 2.05 bits per heavy atom. The number of allylic oxidation sites excluding steroid dienone is 1. The van der Waals surface area contributed by atoms with Crippen LogP contribution in [0.5, 0.6) is 5.75 Å². The van der Waals surface area contributed by atoms with Crippen molar-refractivity contribution in [2.75, 3.05) is 13.7 Å². The van der Waals surface area contributed by atoms with Crippen LogP contribution < -0.4 is 4.74 Å². The van der Waals surface area contributed by atoms with E-state index in [0.717, 1.165) is 5.56 Å². The molecule has 0 aromatic heterocycles. The third-order valence-electron chi connectivity index (χ3n) is 2.65. The number of hydrogen-bond acceptors (Lipinski definition) is 3. The second-order valence-electron chi connectivity index (χ2n) is 4.30. The van der Waals surface area contributed by atoms with E-state index in [1.165, 1.54) is 13.2 Å². The summed E-state index contributed by atoms with van der Waals surface area (Å²) in [4.78, 5) is 11.6. The van der Waals surface area contributed by atoms with Gasteiger partial charge < -0.3 is 9.47 Å². The Hall–Kier alpha value is -1.98. The first-order chi connectivity index (χ1) is 9.85. The van der Waals surface area contributed by atoms with Crippen LogP contribution >= 0.6 is 0 Å². The Balaban J connectivity index is 2.88. The summed E-state index contributed by atoms with van der Waals surface area (Å²) in [6.07, 6.45) is -4.30. The summed E-state index contributed by atoms with van der Waals surface area (Å²) < 4.78 is 47.1. The highest BCUT2D eigenvalue weighted by Crippen LogP contribution is 2.25. The second-order valence-corrected chi connectivity index (χ2v) is 4.30. The number of alkyl halides is 3. The third kappa shape index (κ3) is 6.33. The van der Waals surface area contributed by atoms with E-state index < -0.39 is 18.6 Å². The molecule has 0 saturated heterocycles. The van der Waals surface area contributed by atoms with Crippen LogP contribution in [0.4, 0.5) is 13.2 Å². The largest absolute Gasteiger partial charge is 0.497 e. The van der Waals surface area contributed by atoms with E-state index >= 15 is 0 Å². The molecule has 1 aromatic rings. The van der Waals surface area contributed by atoms with E-state index in [2.05, 4.69) is 4.74 Å². The van der Waals surface area contributed by atoms with Gasteiger partial charge in [0.15, 0.2) is 0 Å². The number of esters is 1. The van der Waals surface area contributed by atoms with Crippen molar-refractivity contribution in [2.24, 2.45) is 0 Å². The fourth-order valence-corrected chi connectivity index (χ4v) is 1.71. The van der Waals surface area contributed by atoms with Gasteiger partial charge in [-0.1, -0.05) is 18.2 Å². The molecule has 0 bridgehead atoms. The van der Waals surface area contributed by atoms with Crippen molar-refractivity contribution < 1.29 is 27.4 Å². The fraction of sp³-hybridized carbons (Fsp3) is 0.400. The minimum absolute atomic E-state index is 0.0349. The average Bonchev–Trinajstić information content (AvgIpc) is 2.42. The SMILES string of the molecule is CCOC(=O)C(=CCc1cccc(OC)c1)CC(F)(F)F. The van der Waals surface area contributed by atoms with Crippen LogP contribution in [0.25, 0.3) is 0 Å². The first-order valence-electron chi connectivity index (χ1n) is 6.41. The molecule has 6 heteroatoms. The molecule has 0 aliphatic heterocycles. The molecule has 1 aromatic carbocycles. The fourth-order valence-electron chi connectivity index (χ4n) is 1.71. The minimum atomic E-state index is -4.45. The molecule has 0 amide bonds. The smallest absolute Gasteiger partial charge is 0.393 e. The number of rotatable bonds is 6. The number of benzene rings is 1. The zero-order valence-corrected chi connectivity index (χ0v) is 11.9. The van der Waals surface area contributed by atoms with Crippen LogP contribution in [0.1, 0.15) is 18.9 Å². The van der Waals surface area contributed by atoms with Crippen LogP contribution in [0, 0.1) is 0 Å². The molecule has 0 fully saturated rings. The van der Waals surface area contributed by atoms with E-state index in [-0.39, 0.29) is 18.6 Å². The van der Waals surface area contributed by atoms with Crippen molar-refractivity contribution in [3.63, 3.8) is 0 Å². The first-order valence-corrected chi connectivity index (χ1v) is 6.41. The van der Waals surface area contributed by atoms with Gasteiger partial charge in [0.25, 0.3) is 0 Å². The molecule has 0 spiro atoms. The lowest BCUT2D eigenvalue weighted by Crippen LogP contribution is -2.16. The zero-order valence-electron chi connectivity index (χ0n) is 11.9. The summed E-state index contributed by atoms with van der Waals surface area (Å²) in [5.41, 5.74) is 0.366. The van der Waals surface area contributed by atoms with Crippen molar-refractivity contribution >= 4 is 5.97 Å². The topological polar surface area (TPSA) is 35.5 Å². The van der Waals surface area contributed by atoms with Gasteiger partial charge in [-0.3, -0.25) is 0 Å². The molecule has 0 saturated carbocycles. The van der Waals surface area contributed by atoms with Crippen LogP contribution in [-0.4, -0.2) is 25.9 Å². The van der Waals surface area contributed by atoms with Crippen molar-refractivity contribution in [2.45, 2.75) is 25.9 Å². The molecule has 1 rings (SSSR count). The van der Waals surface area contributed by atoms with E-state index in [0.29, 0.717) is 5.75 Å². The Morgan fingerprint density at radius 1 is 1.33 bits per heavy atom. The number of hydrogen-bond donors (Lipinski definition) is 0. The normalized spacial score (nSPS) is 12.1. The Labute approximate surface area is 121 Å². The Bertz CT molecular complexity index is 507. The van der Waals surface area contributed by atoms with E-state index in [1.54, 1.807) is 31.2 Å². The maximum atomic E-state index is 12.5. The summed E-state index contributed by atoms with van der Waals surface area (Å²) in [5, 5.41) is 0. The molecule has 0 heterocycles. The quantitative estimate of drug-likeness (QED) is 0.594. The highest BCUT2D eigenvalue weighted by atomic mass is 19.4. The predicted octanol–water partition coefficient (Wildman–Crippen LogP) is 3.68. The van der Waals surface area contributed by atoms with Crippen molar-refractivity contribution in [1.82, 2.24) is 0 Å². The molecule has 0 aliphatic rings. The maximum Gasteiger partial charge on any atom is 0.393 e. The summed E-state index contributed by atoms with van der Waals surface area (Å²) >= 11 is 0. The molecular weight excluding hydrogens is 285 g/mol. The standard InChI is InChI=1S/C15H17F3O3/c1-3-21-14(19)12(10-15(16,17)18)8-7-11-5-4-6-13(9-11)20-2/h4-6,8-9H,3,7,10H2,1-2H3. The van der Waals surface area contributed by atoms with E-state index in [1.807, 2.05) is 0 Å². The molecule has 0 aliphatic carbocycles. The lowest BCUT2D eigenvalue weighted by Gasteiger charge is -2.10. The molecule has 3 nitrogen and oxygen atoms in total. The van der Waals surface area contributed by atoms with Gasteiger partial charge in [-0.05, 0) is 31.0 Å². The molecule has 21 heavy (non-hydrogen) atoms. The molecule has 0 atom stereocenters. The molecule has 116 valence electrons. The highest BCUT2D eigenvalue weighted by molar-refractivity contribution is 5.88. The van der Waals surface area contributed by atoms with E-state index in [4.69, 9.17) is 4.74 Å². The van der Waals surface area contributed by atoms with Crippen molar-refractivity contribution in [3.05, 3.63) is 41.5 Å². The van der Waals surface area contributed by atoms with Gasteiger partial charge in [0.05, 0.1) is 20.1 Å².